The smallest absolute Gasteiger partial charge is 0.416 e. The van der Waals surface area contributed by atoms with Crippen LogP contribution in [0.15, 0.2) is 82.6 Å². The Hall–Kier alpha value is -4.43. The lowest BCUT2D eigenvalue weighted by Crippen LogP contribution is -2.42. The van der Waals surface area contributed by atoms with Gasteiger partial charge in [-0.3, -0.25) is 24.1 Å². The van der Waals surface area contributed by atoms with Crippen LogP contribution in [-0.2, 0) is 20.6 Å². The second kappa shape index (κ2) is 11.3. The van der Waals surface area contributed by atoms with Gasteiger partial charge in [0, 0.05) is 27.3 Å². The van der Waals surface area contributed by atoms with E-state index in [1.807, 2.05) is 12.1 Å². The number of hydrogen-bond acceptors (Lipinski definition) is 7. The fraction of sp³-hybridized carbons (Fsp3) is 0.294. The molecule has 1 saturated heterocycles. The molecule has 6 unspecified atom stereocenters. The van der Waals surface area contributed by atoms with Gasteiger partial charge >= 0.3 is 11.0 Å². The van der Waals surface area contributed by atoms with Gasteiger partial charge in [-0.25, -0.2) is 4.39 Å². The molecule has 8 rings (SSSR count). The highest BCUT2D eigenvalue weighted by molar-refractivity contribution is 8.00. The first kappa shape index (κ1) is 30.9. The fourth-order valence-electron chi connectivity index (χ4n) is 8.19. The minimum absolute atomic E-state index is 0.0254. The number of thiazole rings is 1. The summed E-state index contributed by atoms with van der Waals surface area (Å²) in [5.41, 5.74) is 0.113. The van der Waals surface area contributed by atoms with E-state index >= 15 is 0 Å². The first-order valence-corrected chi connectivity index (χ1v) is 16.9. The molecule has 4 aromatic rings. The fourth-order valence-corrected chi connectivity index (χ4v) is 11.1. The number of thioether (sulfide) groups is 1. The third-order valence-corrected chi connectivity index (χ3v) is 12.5. The Morgan fingerprint density at radius 3 is 2.44 bits per heavy atom. The van der Waals surface area contributed by atoms with Crippen LogP contribution in [0.3, 0.4) is 0 Å². The monoisotopic (exact) mass is 695 g/mol. The molecule has 3 amide bonds. The lowest BCUT2D eigenvalue weighted by molar-refractivity contribution is -0.137. The number of aromatic amines is 1. The number of halogens is 4. The van der Waals surface area contributed by atoms with E-state index < -0.39 is 47.8 Å². The summed E-state index contributed by atoms with van der Waals surface area (Å²) in [5, 5.41) is 3.05. The number of ether oxygens (including phenoxy) is 1. The van der Waals surface area contributed by atoms with Crippen molar-refractivity contribution >= 4 is 52.2 Å². The topological polar surface area (TPSA) is 109 Å². The predicted octanol–water partition coefficient (Wildman–Crippen LogP) is 6.29. The van der Waals surface area contributed by atoms with Crippen molar-refractivity contribution in [3.8, 4) is 5.75 Å². The number of alkyl halides is 3. The lowest BCUT2D eigenvalue weighted by atomic mass is 9.68. The summed E-state index contributed by atoms with van der Waals surface area (Å²) in [6.45, 7) is -0.491. The number of imide groups is 1. The zero-order valence-corrected chi connectivity index (χ0v) is 26.3. The van der Waals surface area contributed by atoms with E-state index in [0.717, 1.165) is 28.3 Å². The van der Waals surface area contributed by atoms with Gasteiger partial charge in [-0.1, -0.05) is 35.6 Å². The van der Waals surface area contributed by atoms with Crippen LogP contribution < -0.4 is 19.8 Å². The summed E-state index contributed by atoms with van der Waals surface area (Å²) in [6.07, 6.45) is -3.91. The maximum Gasteiger partial charge on any atom is 0.416 e. The zero-order chi connectivity index (χ0) is 33.5. The first-order valence-electron chi connectivity index (χ1n) is 15.2. The summed E-state index contributed by atoms with van der Waals surface area (Å²) < 4.78 is 59.2. The molecule has 3 heterocycles. The lowest BCUT2D eigenvalue weighted by Gasteiger charge is -2.43. The largest absolute Gasteiger partial charge is 0.483 e. The van der Waals surface area contributed by atoms with Crippen molar-refractivity contribution in [3.63, 3.8) is 0 Å². The Kier molecular flexibility index (Phi) is 7.29. The average molecular weight is 696 g/mol. The zero-order valence-electron chi connectivity index (χ0n) is 24.7. The van der Waals surface area contributed by atoms with Crippen molar-refractivity contribution < 1.29 is 36.7 Å². The molecule has 2 aliphatic heterocycles. The first-order chi connectivity index (χ1) is 23.0. The van der Waals surface area contributed by atoms with E-state index in [4.69, 9.17) is 4.74 Å². The molecule has 2 bridgehead atoms. The predicted molar refractivity (Wildman–Crippen MR) is 169 cm³/mol. The van der Waals surface area contributed by atoms with Crippen molar-refractivity contribution in [2.75, 3.05) is 16.8 Å². The van der Waals surface area contributed by atoms with Crippen molar-refractivity contribution in [1.82, 2.24) is 4.98 Å². The molecule has 2 N–H and O–H groups in total. The molecule has 0 radical (unpaired) electrons. The molecular weight excluding hydrogens is 671 g/mol. The number of carbonyl (C=O) groups is 3. The van der Waals surface area contributed by atoms with Crippen LogP contribution in [0.2, 0.25) is 0 Å². The molecule has 246 valence electrons. The van der Waals surface area contributed by atoms with E-state index in [2.05, 4.69) is 10.3 Å². The van der Waals surface area contributed by atoms with Crippen LogP contribution >= 0.6 is 23.1 Å². The number of rotatable bonds is 6. The standard InChI is InChI=1S/C34H25F4N3O5S2/c35-16-8-10-18(11-9-16)41-31(43)26-20-13-21(27(26)32(41)44)28-25(20)24(29-30(47-28)40-33(45)48-29)19-6-1-2-7-22(19)46-14-23(42)39-17-5-3-4-15(12-17)34(36,37)38/h1-12,20-21,24-28H,13-14H2,(H,39,42)(H,40,45)/t20?,21?,24-,25?,26?,27?,28?/m1/s1. The number of aromatic nitrogens is 1. The van der Waals surface area contributed by atoms with Gasteiger partial charge in [-0.05, 0) is 72.7 Å². The third kappa shape index (κ3) is 4.95. The maximum atomic E-state index is 13.9. The number of hydrogen-bond donors (Lipinski definition) is 2. The number of carbonyl (C=O) groups excluding carboxylic acids is 3. The molecule has 0 spiro atoms. The Morgan fingerprint density at radius 1 is 0.958 bits per heavy atom. The number of benzene rings is 3. The van der Waals surface area contributed by atoms with Gasteiger partial charge in [-0.2, -0.15) is 13.2 Å². The van der Waals surface area contributed by atoms with Gasteiger partial charge in [0.15, 0.2) is 6.61 Å². The maximum absolute atomic E-state index is 13.9. The number of fused-ring (bicyclic) bond motifs is 9. The molecule has 1 aromatic heterocycles. The Labute approximate surface area is 278 Å². The molecule has 4 aliphatic rings. The highest BCUT2D eigenvalue weighted by atomic mass is 32.2. The highest BCUT2D eigenvalue weighted by Crippen LogP contribution is 2.69. The Balaban J connectivity index is 1.09. The summed E-state index contributed by atoms with van der Waals surface area (Å²) in [4.78, 5) is 57.9. The number of nitrogens with zero attached hydrogens (tertiary/aromatic N) is 1. The van der Waals surface area contributed by atoms with Crippen LogP contribution in [0, 0.1) is 35.4 Å². The van der Waals surface area contributed by atoms with Gasteiger partial charge in [0.05, 0.1) is 28.1 Å². The van der Waals surface area contributed by atoms with Gasteiger partial charge in [0.2, 0.25) is 11.8 Å². The average Bonchev–Trinajstić information content (AvgIpc) is 3.79. The molecule has 2 aliphatic carbocycles. The minimum Gasteiger partial charge on any atom is -0.483 e. The summed E-state index contributed by atoms with van der Waals surface area (Å²) in [7, 11) is 0. The molecule has 8 nitrogen and oxygen atoms in total. The third-order valence-electron chi connectivity index (χ3n) is 9.90. The van der Waals surface area contributed by atoms with Crippen molar-refractivity contribution in [2.24, 2.45) is 29.6 Å². The van der Waals surface area contributed by atoms with Crippen LogP contribution in [0.25, 0.3) is 0 Å². The number of H-pyrrole nitrogens is 1. The second-order valence-corrected chi connectivity index (χ2v) is 14.6. The van der Waals surface area contributed by atoms with Gasteiger partial charge in [0.1, 0.15) is 11.6 Å². The van der Waals surface area contributed by atoms with Crippen molar-refractivity contribution in [1.29, 1.82) is 0 Å². The van der Waals surface area contributed by atoms with E-state index in [0.29, 0.717) is 28.4 Å². The van der Waals surface area contributed by atoms with Crippen molar-refractivity contribution in [2.45, 2.75) is 28.8 Å². The van der Waals surface area contributed by atoms with Crippen molar-refractivity contribution in [3.05, 3.63) is 104 Å². The normalized spacial score (nSPS) is 27.1. The molecule has 14 heteroatoms. The summed E-state index contributed by atoms with van der Waals surface area (Å²) >= 11 is 2.60. The number of nitrogens with one attached hydrogen (secondary N) is 2. The Morgan fingerprint density at radius 2 is 1.69 bits per heavy atom. The van der Waals surface area contributed by atoms with Gasteiger partial charge < -0.3 is 15.0 Å². The van der Waals surface area contributed by atoms with E-state index in [-0.39, 0.29) is 45.4 Å². The highest BCUT2D eigenvalue weighted by Gasteiger charge is 2.69. The van der Waals surface area contributed by atoms with Gasteiger partial charge in [0.25, 0.3) is 5.91 Å². The molecule has 3 fully saturated rings. The van der Waals surface area contributed by atoms with Crippen LogP contribution in [0.5, 0.6) is 5.75 Å². The number of anilines is 2. The molecular formula is C34H25F4N3O5S2. The number of amides is 3. The second-order valence-electron chi connectivity index (χ2n) is 12.4. The van der Waals surface area contributed by atoms with E-state index in [9.17, 15) is 36.7 Å². The summed E-state index contributed by atoms with van der Waals surface area (Å²) in [5.74, 6) is -3.33. The van der Waals surface area contributed by atoms with E-state index in [1.54, 1.807) is 12.1 Å². The van der Waals surface area contributed by atoms with E-state index in [1.165, 1.54) is 53.1 Å². The molecule has 2 saturated carbocycles. The van der Waals surface area contributed by atoms with Gasteiger partial charge in [-0.15, -0.1) is 11.8 Å². The number of para-hydroxylation sites is 1. The van der Waals surface area contributed by atoms with Crippen LogP contribution in [0.1, 0.15) is 28.3 Å². The molecule has 48 heavy (non-hydrogen) atoms. The SMILES string of the molecule is O=C(COc1ccccc1[C@H]1c2sc(=O)[nH]c2SC2C3CC(C4C(=O)N(c5ccc(F)cc5)C(=O)C34)C21)Nc1cccc(C(F)(F)F)c1. The minimum atomic E-state index is -4.57. The molecule has 3 aromatic carbocycles. The quantitative estimate of drug-likeness (QED) is 0.181. The van der Waals surface area contributed by atoms with Crippen LogP contribution in [-0.4, -0.2) is 34.6 Å². The summed E-state index contributed by atoms with van der Waals surface area (Å²) in [6, 6.07) is 16.7. The van der Waals surface area contributed by atoms with Crippen LogP contribution in [0.4, 0.5) is 28.9 Å². The Bertz CT molecular complexity index is 2030. The molecule has 7 atom stereocenters.